The molecule has 0 bridgehead atoms. The predicted octanol–water partition coefficient (Wildman–Crippen LogP) is 3.41. The summed E-state index contributed by atoms with van der Waals surface area (Å²) in [6.45, 7) is 1.26. The Bertz CT molecular complexity index is 860. The maximum atomic E-state index is 14.1. The first kappa shape index (κ1) is 18.4. The summed E-state index contributed by atoms with van der Waals surface area (Å²) < 4.78 is 58.6. The lowest BCUT2D eigenvalue weighted by atomic mass is 10.1. The summed E-state index contributed by atoms with van der Waals surface area (Å²) in [5.41, 5.74) is 2.10. The Balaban J connectivity index is 2.62. The second-order valence-corrected chi connectivity index (χ2v) is 4.76. The van der Waals surface area contributed by atoms with Crippen LogP contribution in [0.5, 0.6) is 0 Å². The first-order valence-corrected chi connectivity index (χ1v) is 7.07. The topological polar surface area (TPSA) is 77.6 Å². The second kappa shape index (κ2) is 7.29. The first-order chi connectivity index (χ1) is 11.8. The molecule has 0 amide bonds. The van der Waals surface area contributed by atoms with Gasteiger partial charge in [-0.3, -0.25) is 4.98 Å². The lowest BCUT2D eigenvalue weighted by molar-refractivity contribution is -0.138. The number of carbonyl (C=O) groups is 1. The molecule has 0 aliphatic rings. The van der Waals surface area contributed by atoms with Gasteiger partial charge in [0.25, 0.3) is 0 Å². The molecule has 2 aromatic rings. The number of halogens is 4. The molecule has 5 nitrogen and oxygen atoms in total. The Morgan fingerprint density at radius 3 is 2.72 bits per heavy atom. The van der Waals surface area contributed by atoms with Crippen molar-refractivity contribution in [3.8, 4) is 0 Å². The van der Waals surface area contributed by atoms with E-state index in [4.69, 9.17) is 5.73 Å². The molecule has 1 aromatic heterocycles. The fraction of sp³-hybridized carbons (Fsp3) is 0.188. The molecular weight excluding hydrogens is 342 g/mol. The Kier molecular flexibility index (Phi) is 5.35. The molecule has 25 heavy (non-hydrogen) atoms. The van der Waals surface area contributed by atoms with Crippen LogP contribution in [0, 0.1) is 5.82 Å². The van der Waals surface area contributed by atoms with Gasteiger partial charge < -0.3 is 10.5 Å². The lowest BCUT2D eigenvalue weighted by Gasteiger charge is -2.13. The van der Waals surface area contributed by atoms with Gasteiger partial charge in [-0.05, 0) is 25.1 Å². The summed E-state index contributed by atoms with van der Waals surface area (Å²) in [5, 5.41) is 0.396. The van der Waals surface area contributed by atoms with Gasteiger partial charge >= 0.3 is 12.1 Å². The van der Waals surface area contributed by atoms with Gasteiger partial charge in [-0.15, -0.1) is 0 Å². The third kappa shape index (κ3) is 4.11. The summed E-state index contributed by atoms with van der Waals surface area (Å²) in [4.78, 5) is 18.9. The molecule has 0 saturated carbocycles. The zero-order chi connectivity index (χ0) is 18.6. The number of fused-ring (bicyclic) bond motifs is 1. The highest BCUT2D eigenvalue weighted by molar-refractivity contribution is 6.22. The normalized spacial score (nSPS) is 13.2. The molecule has 0 saturated heterocycles. The molecule has 2 N–H and O–H groups in total. The Morgan fingerprint density at radius 2 is 2.12 bits per heavy atom. The summed E-state index contributed by atoms with van der Waals surface area (Å²) in [6, 6.07) is 5.16. The van der Waals surface area contributed by atoms with Crippen molar-refractivity contribution in [2.75, 3.05) is 6.61 Å². The number of ether oxygens (including phenoxy) is 1. The van der Waals surface area contributed by atoms with E-state index in [1.54, 1.807) is 12.1 Å². The number of aromatic nitrogens is 1. The van der Waals surface area contributed by atoms with Gasteiger partial charge in [0.05, 0.1) is 12.1 Å². The van der Waals surface area contributed by atoms with Gasteiger partial charge in [-0.25, -0.2) is 14.2 Å². The number of rotatable bonds is 4. The fourth-order valence-corrected chi connectivity index (χ4v) is 2.02. The van der Waals surface area contributed by atoms with Crippen molar-refractivity contribution in [1.82, 2.24) is 4.98 Å². The molecule has 132 valence electrons. The van der Waals surface area contributed by atoms with Crippen molar-refractivity contribution in [3.05, 3.63) is 48.1 Å². The highest BCUT2D eigenvalue weighted by Crippen LogP contribution is 2.29. The Labute approximate surface area is 139 Å². The van der Waals surface area contributed by atoms with Crippen LogP contribution in [0.3, 0.4) is 0 Å². The van der Waals surface area contributed by atoms with E-state index in [1.807, 2.05) is 0 Å². The standard InChI is InChI=1S/C16H13F4N3O2/c1-2-25-15(24)10(8-21)14(16(18,19)20)23-13-7-12-9(6-11(13)17)4-3-5-22-12/h3-8H,2,21H2,1H3. The number of alkyl halides is 3. The molecule has 0 radical (unpaired) electrons. The number of hydrogen-bond donors (Lipinski definition) is 1. The fourth-order valence-electron chi connectivity index (χ4n) is 2.02. The number of esters is 1. The number of benzene rings is 1. The van der Waals surface area contributed by atoms with Crippen molar-refractivity contribution in [2.45, 2.75) is 13.1 Å². The first-order valence-electron chi connectivity index (χ1n) is 7.07. The van der Waals surface area contributed by atoms with E-state index in [9.17, 15) is 22.4 Å². The lowest BCUT2D eigenvalue weighted by Crippen LogP contribution is -2.30. The van der Waals surface area contributed by atoms with Gasteiger partial charge in [-0.2, -0.15) is 13.2 Å². The summed E-state index contributed by atoms with van der Waals surface area (Å²) in [7, 11) is 0. The number of aliphatic imine (C=N–C) groups is 1. The minimum atomic E-state index is -5.05. The van der Waals surface area contributed by atoms with E-state index in [0.717, 1.165) is 12.1 Å². The van der Waals surface area contributed by atoms with Crippen molar-refractivity contribution >= 4 is 28.3 Å². The van der Waals surface area contributed by atoms with Crippen LogP contribution < -0.4 is 5.73 Å². The van der Waals surface area contributed by atoms with Crippen LogP contribution in [-0.2, 0) is 9.53 Å². The van der Waals surface area contributed by atoms with Gasteiger partial charge in [0.2, 0.25) is 0 Å². The van der Waals surface area contributed by atoms with E-state index in [2.05, 4.69) is 14.7 Å². The van der Waals surface area contributed by atoms with Gasteiger partial charge in [0, 0.05) is 17.8 Å². The third-order valence-corrected chi connectivity index (χ3v) is 3.09. The van der Waals surface area contributed by atoms with E-state index < -0.39 is 34.9 Å². The highest BCUT2D eigenvalue weighted by atomic mass is 19.4. The largest absolute Gasteiger partial charge is 0.462 e. The van der Waals surface area contributed by atoms with Gasteiger partial charge in [0.15, 0.2) is 5.71 Å². The number of nitrogens with zero attached hydrogens (tertiary/aromatic N) is 2. The van der Waals surface area contributed by atoms with Crippen LogP contribution in [0.4, 0.5) is 23.2 Å². The summed E-state index contributed by atoms with van der Waals surface area (Å²) >= 11 is 0. The minimum absolute atomic E-state index is 0.157. The van der Waals surface area contributed by atoms with E-state index >= 15 is 0 Å². The molecule has 0 spiro atoms. The molecule has 0 atom stereocenters. The predicted molar refractivity (Wildman–Crippen MR) is 83.8 cm³/mol. The van der Waals surface area contributed by atoms with E-state index in [-0.39, 0.29) is 12.1 Å². The van der Waals surface area contributed by atoms with Gasteiger partial charge in [-0.1, -0.05) is 6.07 Å². The van der Waals surface area contributed by atoms with Crippen LogP contribution >= 0.6 is 0 Å². The van der Waals surface area contributed by atoms with Crippen molar-refractivity contribution in [3.63, 3.8) is 0 Å². The summed E-state index contributed by atoms with van der Waals surface area (Å²) in [6.07, 6.45) is -3.22. The highest BCUT2D eigenvalue weighted by Gasteiger charge is 2.41. The molecular formula is C16H13F4N3O2. The van der Waals surface area contributed by atoms with Crippen LogP contribution in [-0.4, -0.2) is 29.4 Å². The Morgan fingerprint density at radius 1 is 1.40 bits per heavy atom. The summed E-state index contributed by atoms with van der Waals surface area (Å²) in [5.74, 6) is -2.30. The molecule has 1 aromatic carbocycles. The average molecular weight is 355 g/mol. The van der Waals surface area contributed by atoms with Crippen molar-refractivity contribution < 1.29 is 27.1 Å². The molecule has 1 heterocycles. The molecule has 0 aliphatic heterocycles. The van der Waals surface area contributed by atoms with Crippen molar-refractivity contribution in [2.24, 2.45) is 10.7 Å². The third-order valence-electron chi connectivity index (χ3n) is 3.09. The second-order valence-electron chi connectivity index (χ2n) is 4.76. The maximum Gasteiger partial charge on any atom is 0.434 e. The van der Waals surface area contributed by atoms with Crippen LogP contribution in [0.2, 0.25) is 0 Å². The maximum absolute atomic E-state index is 14.1. The number of hydrogen-bond acceptors (Lipinski definition) is 5. The number of carbonyl (C=O) groups excluding carboxylic acids is 1. The molecule has 2 rings (SSSR count). The minimum Gasteiger partial charge on any atom is -0.462 e. The molecule has 9 heteroatoms. The molecule has 0 aliphatic carbocycles. The number of nitrogens with two attached hydrogens (primary N) is 1. The quantitative estimate of drug-likeness (QED) is 0.395. The van der Waals surface area contributed by atoms with Crippen LogP contribution in [0.25, 0.3) is 10.9 Å². The van der Waals surface area contributed by atoms with Crippen LogP contribution in [0.1, 0.15) is 6.92 Å². The van der Waals surface area contributed by atoms with Gasteiger partial charge in [0.1, 0.15) is 17.1 Å². The van der Waals surface area contributed by atoms with Crippen LogP contribution in [0.15, 0.2) is 47.2 Å². The molecule has 0 fully saturated rings. The zero-order valence-electron chi connectivity index (χ0n) is 13.0. The van der Waals surface area contributed by atoms with E-state index in [1.165, 1.54) is 13.1 Å². The smallest absolute Gasteiger partial charge is 0.434 e. The SMILES string of the molecule is CCOC(=O)C(=CN)C(=Nc1cc2ncccc2cc1F)C(F)(F)F. The van der Waals surface area contributed by atoms with Crippen molar-refractivity contribution in [1.29, 1.82) is 0 Å². The monoisotopic (exact) mass is 355 g/mol. The zero-order valence-corrected chi connectivity index (χ0v) is 13.0. The van der Waals surface area contributed by atoms with E-state index in [0.29, 0.717) is 11.6 Å². The number of pyridine rings is 1. The molecule has 0 unspecified atom stereocenters. The average Bonchev–Trinajstić information content (AvgIpc) is 2.54. The Hall–Kier alpha value is -2.97.